The van der Waals surface area contributed by atoms with Crippen LogP contribution < -0.4 is 0 Å². The van der Waals surface area contributed by atoms with Crippen molar-refractivity contribution in [3.8, 4) is 0 Å². The largest absolute Gasteiger partial charge is 0.385 e. The van der Waals surface area contributed by atoms with E-state index in [4.69, 9.17) is 0 Å². The van der Waals surface area contributed by atoms with E-state index < -0.39 is 11.2 Å². The Morgan fingerprint density at radius 2 is 1.38 bits per heavy atom. The molecular weight excluding hydrogens is 320 g/mol. The molecule has 26 heavy (non-hydrogen) atoms. The van der Waals surface area contributed by atoms with Crippen molar-refractivity contribution < 1.29 is 10.2 Å². The zero-order valence-electron chi connectivity index (χ0n) is 17.1. The molecule has 0 spiro atoms. The molecule has 0 heterocycles. The van der Waals surface area contributed by atoms with Gasteiger partial charge in [0.2, 0.25) is 0 Å². The predicted octanol–water partition coefficient (Wildman–Crippen LogP) is 6.03. The summed E-state index contributed by atoms with van der Waals surface area (Å²) in [7, 11) is 0. The van der Waals surface area contributed by atoms with Crippen molar-refractivity contribution in [2.45, 2.75) is 78.4 Å². The molecule has 141 valence electrons. The highest BCUT2D eigenvalue weighted by Gasteiger charge is 2.41. The summed E-state index contributed by atoms with van der Waals surface area (Å²) in [5.74, 6) is 0. The monoisotopic (exact) mass is 353 g/mol. The highest BCUT2D eigenvalue weighted by molar-refractivity contribution is 5.38. The molecule has 0 aliphatic carbocycles. The van der Waals surface area contributed by atoms with Crippen molar-refractivity contribution >= 4 is 0 Å². The van der Waals surface area contributed by atoms with Gasteiger partial charge in [-0.1, -0.05) is 67.3 Å². The average Bonchev–Trinajstić information content (AvgIpc) is 2.51. The Morgan fingerprint density at radius 3 is 1.85 bits per heavy atom. The molecule has 0 aliphatic rings. The smallest absolute Gasteiger partial charge is 0.132 e. The molecule has 2 nitrogen and oxygen atoms in total. The van der Waals surface area contributed by atoms with E-state index in [9.17, 15) is 10.2 Å². The molecule has 0 aliphatic heterocycles. The zero-order chi connectivity index (χ0) is 19.5. The van der Waals surface area contributed by atoms with Crippen LogP contribution in [0, 0.1) is 27.7 Å². The maximum absolute atomic E-state index is 14.0. The number of hydrogen-bond acceptors (Lipinski definition) is 1. The summed E-state index contributed by atoms with van der Waals surface area (Å²) >= 11 is 0. The van der Waals surface area contributed by atoms with Crippen molar-refractivity contribution in [3.63, 3.8) is 0 Å². The fourth-order valence-electron chi connectivity index (χ4n) is 4.17. The molecule has 2 rings (SSSR count). The fourth-order valence-corrected chi connectivity index (χ4v) is 4.17. The first-order valence-corrected chi connectivity index (χ1v) is 9.67. The van der Waals surface area contributed by atoms with E-state index in [1.807, 2.05) is 52.0 Å². The van der Waals surface area contributed by atoms with Crippen LogP contribution in [0.25, 0.3) is 0 Å². The minimum Gasteiger partial charge on any atom is -0.385 e. The van der Waals surface area contributed by atoms with E-state index in [0.29, 0.717) is 6.42 Å². The lowest BCUT2D eigenvalue weighted by atomic mass is 9.75. The molecule has 2 aromatic carbocycles. The minimum atomic E-state index is -1.30. The summed E-state index contributed by atoms with van der Waals surface area (Å²) < 4.78 is 0. The van der Waals surface area contributed by atoms with Gasteiger partial charge in [0.1, 0.15) is 5.60 Å². The third-order valence-electron chi connectivity index (χ3n) is 5.40. The zero-order valence-corrected chi connectivity index (χ0v) is 17.1. The Balaban J connectivity index is 2.46. The van der Waals surface area contributed by atoms with E-state index in [-0.39, 0.29) is 6.42 Å². The quantitative estimate of drug-likeness (QED) is 0.648. The standard InChI is InChI=1S/C24H33O2/c1-7-8-13-24(26,22-12-10-18(3)15-20(22)5)16-23(6,25)21-11-9-17(2)14-19(21)4/h9-12,14-15,25H,7-8,13,16H2,1-6H3. The molecule has 2 unspecified atom stereocenters. The van der Waals surface area contributed by atoms with Gasteiger partial charge < -0.3 is 5.11 Å². The third-order valence-corrected chi connectivity index (χ3v) is 5.40. The van der Waals surface area contributed by atoms with Crippen molar-refractivity contribution in [2.24, 2.45) is 0 Å². The average molecular weight is 354 g/mol. The van der Waals surface area contributed by atoms with Crippen molar-refractivity contribution in [1.82, 2.24) is 0 Å². The van der Waals surface area contributed by atoms with Crippen LogP contribution in [-0.4, -0.2) is 5.11 Å². The molecule has 0 aromatic heterocycles. The Bertz CT molecular complexity index is 761. The number of hydrogen-bond donors (Lipinski definition) is 1. The Hall–Kier alpha value is -1.64. The maximum Gasteiger partial charge on any atom is 0.132 e. The van der Waals surface area contributed by atoms with Gasteiger partial charge in [0.25, 0.3) is 0 Å². The molecule has 0 saturated heterocycles. The summed E-state index contributed by atoms with van der Waals surface area (Å²) in [4.78, 5) is 0. The number of unbranched alkanes of at least 4 members (excludes halogenated alkanes) is 1. The number of benzene rings is 2. The van der Waals surface area contributed by atoms with Crippen molar-refractivity contribution in [1.29, 1.82) is 0 Å². The lowest BCUT2D eigenvalue weighted by Gasteiger charge is -2.36. The normalized spacial score (nSPS) is 16.2. The molecular formula is C24H33O2. The third kappa shape index (κ3) is 4.55. The van der Waals surface area contributed by atoms with Gasteiger partial charge in [-0.2, -0.15) is 0 Å². The highest BCUT2D eigenvalue weighted by atomic mass is 16.3. The molecule has 2 atom stereocenters. The van der Waals surface area contributed by atoms with E-state index in [0.717, 1.165) is 46.2 Å². The van der Waals surface area contributed by atoms with Crippen molar-refractivity contribution in [2.75, 3.05) is 0 Å². The maximum atomic E-state index is 14.0. The van der Waals surface area contributed by atoms with Crippen LogP contribution in [0.1, 0.15) is 72.9 Å². The van der Waals surface area contributed by atoms with Gasteiger partial charge in [-0.3, -0.25) is 0 Å². The van der Waals surface area contributed by atoms with Crippen molar-refractivity contribution in [3.05, 3.63) is 69.8 Å². The molecule has 0 saturated carbocycles. The van der Waals surface area contributed by atoms with Gasteiger partial charge in [-0.15, -0.1) is 0 Å². The van der Waals surface area contributed by atoms with E-state index in [1.165, 1.54) is 0 Å². The molecule has 1 N–H and O–H groups in total. The first kappa shape index (κ1) is 20.7. The Labute approximate surface area is 158 Å². The lowest BCUT2D eigenvalue weighted by Crippen LogP contribution is -2.36. The van der Waals surface area contributed by atoms with Crippen LogP contribution in [0.3, 0.4) is 0 Å². The first-order chi connectivity index (χ1) is 12.1. The van der Waals surface area contributed by atoms with Crippen LogP contribution in [0.5, 0.6) is 0 Å². The first-order valence-electron chi connectivity index (χ1n) is 9.67. The predicted molar refractivity (Wildman–Crippen MR) is 108 cm³/mol. The number of aliphatic hydroxyl groups is 1. The Kier molecular flexibility index (Phi) is 6.31. The fraction of sp³-hybridized carbons (Fsp3) is 0.500. The summed E-state index contributed by atoms with van der Waals surface area (Å²) in [6.07, 6.45) is 2.54. The van der Waals surface area contributed by atoms with Gasteiger partial charge in [0, 0.05) is 6.42 Å². The second-order valence-electron chi connectivity index (χ2n) is 8.19. The molecule has 2 aromatic rings. The van der Waals surface area contributed by atoms with Gasteiger partial charge in [-0.25, -0.2) is 5.11 Å². The van der Waals surface area contributed by atoms with Gasteiger partial charge in [-0.05, 0) is 63.3 Å². The highest BCUT2D eigenvalue weighted by Crippen LogP contribution is 2.42. The summed E-state index contributed by atoms with van der Waals surface area (Å²) in [6.45, 7) is 12.0. The van der Waals surface area contributed by atoms with Crippen LogP contribution in [-0.2, 0) is 16.3 Å². The van der Waals surface area contributed by atoms with Crippen LogP contribution >= 0.6 is 0 Å². The lowest BCUT2D eigenvalue weighted by molar-refractivity contribution is -0.109. The molecule has 0 amide bonds. The summed E-state index contributed by atoms with van der Waals surface area (Å²) in [5, 5.41) is 25.3. The molecule has 2 heteroatoms. The van der Waals surface area contributed by atoms with Gasteiger partial charge in [0.15, 0.2) is 0 Å². The topological polar surface area (TPSA) is 40.1 Å². The second kappa shape index (κ2) is 7.94. The van der Waals surface area contributed by atoms with E-state index in [2.05, 4.69) is 19.1 Å². The van der Waals surface area contributed by atoms with Crippen LogP contribution in [0.2, 0.25) is 0 Å². The summed E-state index contributed by atoms with van der Waals surface area (Å²) in [6, 6.07) is 12.1. The second-order valence-corrected chi connectivity index (χ2v) is 8.19. The van der Waals surface area contributed by atoms with Gasteiger partial charge >= 0.3 is 0 Å². The molecule has 0 bridgehead atoms. The molecule has 0 fully saturated rings. The van der Waals surface area contributed by atoms with Crippen LogP contribution in [0.15, 0.2) is 36.4 Å². The number of aryl methyl sites for hydroxylation is 4. The minimum absolute atomic E-state index is 0.174. The van der Waals surface area contributed by atoms with Gasteiger partial charge in [0.05, 0.1) is 5.60 Å². The van der Waals surface area contributed by atoms with E-state index >= 15 is 0 Å². The summed E-state index contributed by atoms with van der Waals surface area (Å²) in [5.41, 5.74) is 3.59. The number of rotatable bonds is 7. The molecule has 1 radical (unpaired) electrons. The van der Waals surface area contributed by atoms with Crippen LogP contribution in [0.4, 0.5) is 0 Å². The van der Waals surface area contributed by atoms with E-state index in [1.54, 1.807) is 6.92 Å². The Morgan fingerprint density at radius 1 is 0.885 bits per heavy atom. The SMILES string of the molecule is CCCCC([O])(CC(C)(O)c1ccc(C)cc1C)c1ccc(C)cc1C.